The van der Waals surface area contributed by atoms with Crippen LogP contribution in [0.4, 0.5) is 5.69 Å². The Morgan fingerprint density at radius 1 is 0.921 bits per heavy atom. The maximum absolute atomic E-state index is 12.2. The van der Waals surface area contributed by atoms with E-state index >= 15 is 0 Å². The third-order valence-electron chi connectivity index (χ3n) is 7.16. The second kappa shape index (κ2) is 9.67. The fourth-order valence-corrected chi connectivity index (χ4v) is 5.28. The molecule has 0 aliphatic rings. The van der Waals surface area contributed by atoms with Gasteiger partial charge in [0.05, 0.1) is 22.1 Å². The number of nitrogens with two attached hydrogens (primary N) is 1. The summed E-state index contributed by atoms with van der Waals surface area (Å²) in [6, 6.07) is 31.1. The first-order valence-electron chi connectivity index (χ1n) is 13.1. The van der Waals surface area contributed by atoms with Crippen LogP contribution < -0.4 is 11.1 Å². The first kappa shape index (κ1) is 23.7. The van der Waals surface area contributed by atoms with E-state index in [-0.39, 0.29) is 0 Å². The molecule has 5 nitrogen and oxygen atoms in total. The molecule has 0 fully saturated rings. The zero-order valence-electron chi connectivity index (χ0n) is 21.6. The van der Waals surface area contributed by atoms with Gasteiger partial charge in [-0.3, -0.25) is 9.78 Å². The lowest BCUT2D eigenvalue weighted by atomic mass is 9.99. The van der Waals surface area contributed by atoms with Gasteiger partial charge in [0.15, 0.2) is 0 Å². The van der Waals surface area contributed by atoms with Crippen molar-refractivity contribution in [2.45, 2.75) is 20.3 Å². The summed E-state index contributed by atoms with van der Waals surface area (Å²) in [6.45, 7) is 5.15. The average Bonchev–Trinajstić information content (AvgIpc) is 3.27. The highest BCUT2D eigenvalue weighted by atomic mass is 16.1. The van der Waals surface area contributed by atoms with Crippen molar-refractivity contribution in [2.75, 3.05) is 11.9 Å². The molecule has 0 radical (unpaired) electrons. The standard InChI is InChI=1S/C33H30N4O/c1-21(2)16-17-35-29-19-24(14-15-26(29)33(34)38)37-30-12-6-4-9-27(30)32-25(10-7-13-31(32)37)23-18-22-8-3-5-11-28(22)36-20-23/h3-15,18-21,35H,16-17H2,1-2H3,(H2,34,38). The molecule has 0 atom stereocenters. The van der Waals surface area contributed by atoms with E-state index in [0.717, 1.165) is 57.4 Å². The minimum absolute atomic E-state index is 0.433. The number of nitrogens with zero attached hydrogens (tertiary/aromatic N) is 2. The van der Waals surface area contributed by atoms with E-state index in [0.29, 0.717) is 11.5 Å². The minimum Gasteiger partial charge on any atom is -0.384 e. The molecule has 0 spiro atoms. The highest BCUT2D eigenvalue weighted by Gasteiger charge is 2.18. The Morgan fingerprint density at radius 3 is 2.55 bits per heavy atom. The number of carbonyl (C=O) groups excluding carboxylic acids is 1. The van der Waals surface area contributed by atoms with Gasteiger partial charge in [-0.2, -0.15) is 0 Å². The third kappa shape index (κ3) is 4.16. The molecule has 0 saturated carbocycles. The topological polar surface area (TPSA) is 72.9 Å². The number of pyridine rings is 1. The van der Waals surface area contributed by atoms with Gasteiger partial charge in [-0.15, -0.1) is 0 Å². The molecule has 0 unspecified atom stereocenters. The van der Waals surface area contributed by atoms with Crippen LogP contribution in [0.15, 0.2) is 97.2 Å². The Balaban J connectivity index is 1.57. The van der Waals surface area contributed by atoms with Gasteiger partial charge in [0.1, 0.15) is 0 Å². The molecule has 5 heteroatoms. The number of hydrogen-bond acceptors (Lipinski definition) is 3. The molecule has 1 amide bonds. The molecule has 188 valence electrons. The Labute approximate surface area is 221 Å². The van der Waals surface area contributed by atoms with Crippen LogP contribution in [-0.4, -0.2) is 22.0 Å². The van der Waals surface area contributed by atoms with Crippen LogP contribution in [0.1, 0.15) is 30.6 Å². The molecule has 6 aromatic rings. The van der Waals surface area contributed by atoms with Crippen molar-refractivity contribution >= 4 is 44.3 Å². The fourth-order valence-electron chi connectivity index (χ4n) is 5.28. The average molecular weight is 499 g/mol. The van der Waals surface area contributed by atoms with E-state index in [1.807, 2.05) is 42.6 Å². The van der Waals surface area contributed by atoms with Crippen molar-refractivity contribution in [3.05, 3.63) is 103 Å². The molecule has 2 heterocycles. The van der Waals surface area contributed by atoms with Crippen molar-refractivity contribution < 1.29 is 4.79 Å². The first-order valence-corrected chi connectivity index (χ1v) is 13.1. The number of amides is 1. The molecule has 4 aromatic carbocycles. The predicted octanol–water partition coefficient (Wildman–Crippen LogP) is 7.56. The number of rotatable bonds is 7. The van der Waals surface area contributed by atoms with E-state index in [1.54, 1.807) is 0 Å². The summed E-state index contributed by atoms with van der Waals surface area (Å²) in [4.78, 5) is 16.9. The van der Waals surface area contributed by atoms with Crippen molar-refractivity contribution in [1.29, 1.82) is 0 Å². The second-order valence-corrected chi connectivity index (χ2v) is 10.2. The highest BCUT2D eigenvalue weighted by molar-refractivity contribution is 6.16. The summed E-state index contributed by atoms with van der Waals surface area (Å²) in [5, 5.41) is 6.91. The lowest BCUT2D eigenvalue weighted by molar-refractivity contribution is 0.100. The summed E-state index contributed by atoms with van der Waals surface area (Å²) in [5.41, 5.74) is 13.4. The van der Waals surface area contributed by atoms with Gasteiger partial charge in [0.2, 0.25) is 0 Å². The third-order valence-corrected chi connectivity index (χ3v) is 7.16. The Bertz CT molecular complexity index is 1820. The van der Waals surface area contributed by atoms with Crippen LogP contribution >= 0.6 is 0 Å². The lowest BCUT2D eigenvalue weighted by Gasteiger charge is -2.15. The van der Waals surface area contributed by atoms with Crippen LogP contribution in [-0.2, 0) is 0 Å². The molecule has 2 aromatic heterocycles. The van der Waals surface area contributed by atoms with E-state index < -0.39 is 5.91 Å². The van der Waals surface area contributed by atoms with Crippen LogP contribution in [0.25, 0.3) is 49.5 Å². The molecule has 0 saturated heterocycles. The van der Waals surface area contributed by atoms with Gasteiger partial charge in [0.25, 0.3) is 5.91 Å². The predicted molar refractivity (Wildman–Crippen MR) is 158 cm³/mol. The fraction of sp³-hybridized carbons (Fsp3) is 0.152. The summed E-state index contributed by atoms with van der Waals surface area (Å²) in [6.07, 6.45) is 2.96. The van der Waals surface area contributed by atoms with Gasteiger partial charge in [-0.25, -0.2) is 0 Å². The molecule has 38 heavy (non-hydrogen) atoms. The number of hydrogen-bond donors (Lipinski definition) is 2. The van der Waals surface area contributed by atoms with Crippen LogP contribution in [0.3, 0.4) is 0 Å². The number of nitrogens with one attached hydrogen (secondary N) is 1. The van der Waals surface area contributed by atoms with Crippen LogP contribution in [0.2, 0.25) is 0 Å². The van der Waals surface area contributed by atoms with E-state index in [1.165, 1.54) is 10.8 Å². The smallest absolute Gasteiger partial charge is 0.250 e. The molecule has 0 aliphatic carbocycles. The number of carbonyl (C=O) groups is 1. The van der Waals surface area contributed by atoms with E-state index in [2.05, 4.69) is 78.3 Å². The Hall–Kier alpha value is -4.64. The normalized spacial score (nSPS) is 11.6. The summed E-state index contributed by atoms with van der Waals surface area (Å²) >= 11 is 0. The molecule has 3 N–H and O–H groups in total. The zero-order valence-corrected chi connectivity index (χ0v) is 21.6. The molecule has 6 rings (SSSR count). The number of primary amides is 1. The number of aromatic nitrogens is 2. The molecule has 0 bridgehead atoms. The molecule has 0 aliphatic heterocycles. The number of benzene rings is 4. The number of fused-ring (bicyclic) bond motifs is 4. The quantitative estimate of drug-likeness (QED) is 0.239. The van der Waals surface area contributed by atoms with Crippen molar-refractivity contribution in [2.24, 2.45) is 11.7 Å². The summed E-state index contributed by atoms with van der Waals surface area (Å²) in [7, 11) is 0. The maximum Gasteiger partial charge on any atom is 0.250 e. The first-order chi connectivity index (χ1) is 18.5. The summed E-state index contributed by atoms with van der Waals surface area (Å²) < 4.78 is 2.26. The van der Waals surface area contributed by atoms with Gasteiger partial charge in [-0.05, 0) is 60.4 Å². The number of para-hydroxylation sites is 2. The van der Waals surface area contributed by atoms with Gasteiger partial charge >= 0.3 is 0 Å². The maximum atomic E-state index is 12.2. The van der Waals surface area contributed by atoms with Crippen LogP contribution in [0, 0.1) is 5.92 Å². The number of anilines is 1. The van der Waals surface area contributed by atoms with Crippen molar-refractivity contribution in [3.8, 4) is 16.8 Å². The van der Waals surface area contributed by atoms with E-state index in [9.17, 15) is 4.79 Å². The largest absolute Gasteiger partial charge is 0.384 e. The lowest BCUT2D eigenvalue weighted by Crippen LogP contribution is -2.16. The Morgan fingerprint density at radius 2 is 1.71 bits per heavy atom. The molecular formula is C33H30N4O. The highest BCUT2D eigenvalue weighted by Crippen LogP contribution is 2.39. The van der Waals surface area contributed by atoms with Crippen molar-refractivity contribution in [1.82, 2.24) is 9.55 Å². The SMILES string of the molecule is CC(C)CCNc1cc(-n2c3ccccc3c3c(-c4cnc5ccccc5c4)cccc32)ccc1C(N)=O. The van der Waals surface area contributed by atoms with Crippen LogP contribution in [0.5, 0.6) is 0 Å². The van der Waals surface area contributed by atoms with Gasteiger partial charge in [0, 0.05) is 45.8 Å². The minimum atomic E-state index is -0.433. The second-order valence-electron chi connectivity index (χ2n) is 10.2. The molecular weight excluding hydrogens is 468 g/mol. The van der Waals surface area contributed by atoms with Gasteiger partial charge < -0.3 is 15.6 Å². The van der Waals surface area contributed by atoms with Gasteiger partial charge in [-0.1, -0.05) is 62.4 Å². The monoisotopic (exact) mass is 498 g/mol. The zero-order chi connectivity index (χ0) is 26.2. The van der Waals surface area contributed by atoms with Crippen molar-refractivity contribution in [3.63, 3.8) is 0 Å². The summed E-state index contributed by atoms with van der Waals surface area (Å²) in [5.74, 6) is 0.125. The Kier molecular flexibility index (Phi) is 6.04. The van der Waals surface area contributed by atoms with E-state index in [4.69, 9.17) is 10.7 Å².